The fraction of sp³-hybridized carbons (Fsp3) is 0.917. The van der Waals surface area contributed by atoms with Crippen LogP contribution in [0, 0.1) is 22.7 Å². The van der Waals surface area contributed by atoms with Gasteiger partial charge >= 0.3 is 5.97 Å². The van der Waals surface area contributed by atoms with E-state index < -0.39 is 5.97 Å². The van der Waals surface area contributed by atoms with Gasteiger partial charge in [-0.25, -0.2) is 9.90 Å². The van der Waals surface area contributed by atoms with E-state index in [0.717, 1.165) is 12.3 Å². The van der Waals surface area contributed by atoms with E-state index in [1.54, 1.807) is 0 Å². The van der Waals surface area contributed by atoms with Gasteiger partial charge in [0.25, 0.3) is 0 Å². The van der Waals surface area contributed by atoms with E-state index in [0.29, 0.717) is 11.3 Å². The average Bonchev–Trinajstić information content (AvgIpc) is 2.35. The number of carbonyl (C=O) groups excluding carboxylic acids is 1. The summed E-state index contributed by atoms with van der Waals surface area (Å²) in [5.74, 6) is 0.206. The minimum Gasteiger partial charge on any atom is -0.247 e. The highest BCUT2D eigenvalue weighted by molar-refractivity contribution is 5.66. The Kier molecular flexibility index (Phi) is 1.96. The maximum atomic E-state index is 10.7. The van der Waals surface area contributed by atoms with Crippen molar-refractivity contribution >= 4 is 5.97 Å². The van der Waals surface area contributed by atoms with Crippen LogP contribution in [0.1, 0.15) is 46.5 Å². The molecule has 2 bridgehead atoms. The zero-order valence-corrected chi connectivity index (χ0v) is 9.30. The van der Waals surface area contributed by atoms with Crippen molar-refractivity contribution in [2.75, 3.05) is 0 Å². The lowest BCUT2D eigenvalue weighted by molar-refractivity contribution is -0.145. The summed E-state index contributed by atoms with van der Waals surface area (Å²) in [7, 11) is 0. The monoisotopic (exact) mass is 195 g/mol. The molecule has 0 aromatic carbocycles. The highest BCUT2D eigenvalue weighted by Crippen LogP contribution is 2.68. The molecule has 2 fully saturated rings. The molecule has 2 aliphatic rings. The highest BCUT2D eigenvalue weighted by atomic mass is 16.4. The van der Waals surface area contributed by atoms with Gasteiger partial charge < -0.3 is 0 Å². The maximum Gasteiger partial charge on any atom is 0.355 e. The predicted octanol–water partition coefficient (Wildman–Crippen LogP) is 2.80. The second-order valence-corrected chi connectivity index (χ2v) is 5.88. The first-order valence-corrected chi connectivity index (χ1v) is 5.58. The lowest BCUT2D eigenvalue weighted by atomic mass is 9.66. The number of hydrogen-bond acceptors (Lipinski definition) is 1. The van der Waals surface area contributed by atoms with E-state index in [2.05, 4.69) is 20.8 Å². The zero-order chi connectivity index (χ0) is 10.6. The summed E-state index contributed by atoms with van der Waals surface area (Å²) in [5.41, 5.74) is 0.560. The smallest absolute Gasteiger partial charge is 0.247 e. The normalized spacial score (nSPS) is 44.2. The van der Waals surface area contributed by atoms with Crippen molar-refractivity contribution in [1.82, 2.24) is 0 Å². The van der Waals surface area contributed by atoms with Gasteiger partial charge in [-0.05, 0) is 41.9 Å². The molecule has 0 aromatic heterocycles. The van der Waals surface area contributed by atoms with Crippen LogP contribution in [0.5, 0.6) is 0 Å². The molecule has 2 saturated carbocycles. The first kappa shape index (κ1) is 10.0. The van der Waals surface area contributed by atoms with Gasteiger partial charge in [0.2, 0.25) is 0 Å². The van der Waals surface area contributed by atoms with Gasteiger partial charge in [-0.15, -0.1) is 0 Å². The van der Waals surface area contributed by atoms with Crippen LogP contribution in [0.2, 0.25) is 0 Å². The molecule has 2 rings (SSSR count). The van der Waals surface area contributed by atoms with Crippen molar-refractivity contribution in [3.8, 4) is 0 Å². The zero-order valence-electron chi connectivity index (χ0n) is 9.30. The molecule has 14 heavy (non-hydrogen) atoms. The molecule has 0 saturated heterocycles. The van der Waals surface area contributed by atoms with Crippen LogP contribution in [0.25, 0.3) is 0 Å². The highest BCUT2D eigenvalue weighted by Gasteiger charge is 2.61. The van der Waals surface area contributed by atoms with E-state index in [1.165, 1.54) is 12.8 Å². The van der Waals surface area contributed by atoms with Gasteiger partial charge in [0.1, 0.15) is 0 Å². The van der Waals surface area contributed by atoms with Crippen LogP contribution >= 0.6 is 0 Å². The van der Waals surface area contributed by atoms with E-state index in [9.17, 15) is 9.90 Å². The average molecular weight is 195 g/mol. The van der Waals surface area contributed by atoms with E-state index in [1.807, 2.05) is 0 Å². The van der Waals surface area contributed by atoms with E-state index >= 15 is 0 Å². The first-order chi connectivity index (χ1) is 6.38. The SMILES string of the molecule is CC1(C)C2CCC1(C)C(CC([O])=O)C2. The Morgan fingerprint density at radius 1 is 1.36 bits per heavy atom. The summed E-state index contributed by atoms with van der Waals surface area (Å²) in [6, 6.07) is 0. The first-order valence-electron chi connectivity index (χ1n) is 5.58. The number of fused-ring (bicyclic) bond motifs is 2. The predicted molar refractivity (Wildman–Crippen MR) is 53.0 cm³/mol. The van der Waals surface area contributed by atoms with Crippen molar-refractivity contribution in [2.45, 2.75) is 46.5 Å². The van der Waals surface area contributed by atoms with Crippen LogP contribution in [0.4, 0.5) is 0 Å². The molecule has 1 radical (unpaired) electrons. The van der Waals surface area contributed by atoms with Gasteiger partial charge in [-0.1, -0.05) is 20.8 Å². The van der Waals surface area contributed by atoms with Crippen molar-refractivity contribution in [1.29, 1.82) is 0 Å². The number of carbonyl (C=O) groups is 1. The molecule has 3 atom stereocenters. The van der Waals surface area contributed by atoms with Crippen LogP contribution < -0.4 is 0 Å². The van der Waals surface area contributed by atoms with Crippen LogP contribution in [0.3, 0.4) is 0 Å². The van der Waals surface area contributed by atoms with Crippen LogP contribution in [-0.4, -0.2) is 5.97 Å². The molecular weight excluding hydrogens is 176 g/mol. The minimum atomic E-state index is -0.875. The van der Waals surface area contributed by atoms with Gasteiger partial charge in [0.05, 0.1) is 6.42 Å². The fourth-order valence-electron chi connectivity index (χ4n) is 3.88. The van der Waals surface area contributed by atoms with Gasteiger partial charge in [-0.2, -0.15) is 0 Å². The third-order valence-corrected chi connectivity index (χ3v) is 5.39. The molecular formula is C12H19O2. The second kappa shape index (κ2) is 2.74. The Balaban J connectivity index is 2.23. The summed E-state index contributed by atoms with van der Waals surface area (Å²) in [4.78, 5) is 10.7. The second-order valence-electron chi connectivity index (χ2n) is 5.88. The standard InChI is InChI=1S/C12H19O2/c1-11(2)8-4-5-12(11,3)9(6-8)7-10(13)14/h8-9H,4-7H2,1-3H3. The molecule has 0 spiro atoms. The molecule has 0 amide bonds. The summed E-state index contributed by atoms with van der Waals surface area (Å²) in [5, 5.41) is 10.7. The molecule has 0 aliphatic heterocycles. The van der Waals surface area contributed by atoms with Crippen molar-refractivity contribution in [2.24, 2.45) is 22.7 Å². The number of rotatable bonds is 2. The summed E-state index contributed by atoms with van der Waals surface area (Å²) in [6.07, 6.45) is 3.84. The molecule has 2 aliphatic carbocycles. The Morgan fingerprint density at radius 2 is 2.00 bits per heavy atom. The number of hydrogen-bond donors (Lipinski definition) is 0. The Hall–Kier alpha value is -0.530. The lowest BCUT2D eigenvalue weighted by Gasteiger charge is -2.38. The van der Waals surface area contributed by atoms with Crippen LogP contribution in [0.15, 0.2) is 0 Å². The third kappa shape index (κ3) is 1.06. The third-order valence-electron chi connectivity index (χ3n) is 5.39. The fourth-order valence-corrected chi connectivity index (χ4v) is 3.88. The molecule has 79 valence electrons. The van der Waals surface area contributed by atoms with Crippen molar-refractivity contribution < 1.29 is 9.90 Å². The van der Waals surface area contributed by atoms with Crippen molar-refractivity contribution in [3.63, 3.8) is 0 Å². The molecule has 2 heteroatoms. The Morgan fingerprint density at radius 3 is 2.36 bits per heavy atom. The molecule has 0 heterocycles. The molecule has 0 aromatic rings. The van der Waals surface area contributed by atoms with Gasteiger partial charge in [0.15, 0.2) is 0 Å². The topological polar surface area (TPSA) is 37.0 Å². The summed E-state index contributed by atoms with van der Waals surface area (Å²) < 4.78 is 0. The maximum absolute atomic E-state index is 10.7. The van der Waals surface area contributed by atoms with E-state index in [4.69, 9.17) is 0 Å². The van der Waals surface area contributed by atoms with Gasteiger partial charge in [-0.3, -0.25) is 0 Å². The van der Waals surface area contributed by atoms with Crippen molar-refractivity contribution in [3.05, 3.63) is 0 Å². The summed E-state index contributed by atoms with van der Waals surface area (Å²) >= 11 is 0. The summed E-state index contributed by atoms with van der Waals surface area (Å²) in [6.45, 7) is 6.88. The Bertz CT molecular complexity index is 269. The largest absolute Gasteiger partial charge is 0.355 e. The quantitative estimate of drug-likeness (QED) is 0.667. The molecule has 2 nitrogen and oxygen atoms in total. The minimum absolute atomic E-state index is 0.234. The molecule has 3 unspecified atom stereocenters. The van der Waals surface area contributed by atoms with E-state index in [-0.39, 0.29) is 11.8 Å². The lowest BCUT2D eigenvalue weighted by Crippen LogP contribution is -2.33. The van der Waals surface area contributed by atoms with Gasteiger partial charge in [0, 0.05) is 0 Å². The van der Waals surface area contributed by atoms with Crippen LogP contribution in [-0.2, 0) is 9.90 Å². The molecule has 0 N–H and O–H groups in total. The Labute approximate surface area is 85.7 Å².